The van der Waals surface area contributed by atoms with E-state index in [0.717, 1.165) is 24.2 Å². The van der Waals surface area contributed by atoms with Crippen LogP contribution in [0.5, 0.6) is 0 Å². The van der Waals surface area contributed by atoms with Crippen molar-refractivity contribution < 1.29 is 9.90 Å². The number of rotatable bonds is 5. The molecule has 1 N–H and O–H groups in total. The van der Waals surface area contributed by atoms with E-state index in [2.05, 4.69) is 4.98 Å². The molecule has 4 heteroatoms. The van der Waals surface area contributed by atoms with Crippen molar-refractivity contribution in [3.63, 3.8) is 0 Å². The van der Waals surface area contributed by atoms with Gasteiger partial charge >= 0.3 is 0 Å². The molecule has 0 atom stereocenters. The van der Waals surface area contributed by atoms with Gasteiger partial charge in [-0.2, -0.15) is 0 Å². The summed E-state index contributed by atoms with van der Waals surface area (Å²) in [5.74, 6) is 0.820. The Morgan fingerprint density at radius 2 is 2.18 bits per heavy atom. The number of aliphatic hydroxyl groups is 1. The number of aldehydes is 1. The minimum Gasteiger partial charge on any atom is -0.389 e. The standard InChI is InChI=1S/C13H20N2O2/c1-5-15(9-13(3,4)17)12-10(2)6-11(8-16)7-14-12/h6-8,17H,5,9H2,1-4H3. The Hall–Kier alpha value is -1.42. The zero-order valence-corrected chi connectivity index (χ0v) is 10.9. The van der Waals surface area contributed by atoms with Gasteiger partial charge in [0, 0.05) is 24.8 Å². The van der Waals surface area contributed by atoms with Crippen LogP contribution in [0.2, 0.25) is 0 Å². The van der Waals surface area contributed by atoms with E-state index in [4.69, 9.17) is 0 Å². The third-order valence-corrected chi connectivity index (χ3v) is 2.47. The quantitative estimate of drug-likeness (QED) is 0.792. The average molecular weight is 236 g/mol. The normalized spacial score (nSPS) is 11.4. The zero-order valence-electron chi connectivity index (χ0n) is 10.9. The lowest BCUT2D eigenvalue weighted by Crippen LogP contribution is -2.39. The van der Waals surface area contributed by atoms with Crippen LogP contribution in [0.25, 0.3) is 0 Å². The first kappa shape index (κ1) is 13.6. The van der Waals surface area contributed by atoms with Crippen molar-refractivity contribution in [2.45, 2.75) is 33.3 Å². The summed E-state index contributed by atoms with van der Waals surface area (Å²) in [6.07, 6.45) is 2.35. The molecule has 94 valence electrons. The highest BCUT2D eigenvalue weighted by Gasteiger charge is 2.19. The fraction of sp³-hybridized carbons (Fsp3) is 0.538. The molecule has 0 bridgehead atoms. The fourth-order valence-corrected chi connectivity index (χ4v) is 1.79. The van der Waals surface area contributed by atoms with Gasteiger partial charge in [-0.1, -0.05) is 0 Å². The van der Waals surface area contributed by atoms with Crippen LogP contribution >= 0.6 is 0 Å². The Labute approximate surface area is 102 Å². The van der Waals surface area contributed by atoms with Gasteiger partial charge in [-0.05, 0) is 39.3 Å². The second kappa shape index (κ2) is 5.27. The van der Waals surface area contributed by atoms with E-state index in [1.165, 1.54) is 0 Å². The minimum atomic E-state index is -0.770. The first-order valence-corrected chi connectivity index (χ1v) is 5.76. The molecule has 1 aromatic rings. The van der Waals surface area contributed by atoms with Gasteiger partial charge in [0.1, 0.15) is 5.82 Å². The molecule has 0 saturated heterocycles. The molecule has 1 rings (SSSR count). The van der Waals surface area contributed by atoms with Gasteiger partial charge in [0.15, 0.2) is 6.29 Å². The van der Waals surface area contributed by atoms with Crippen molar-refractivity contribution in [2.24, 2.45) is 0 Å². The molecular formula is C13H20N2O2. The Morgan fingerprint density at radius 3 is 2.59 bits per heavy atom. The van der Waals surface area contributed by atoms with Crippen molar-refractivity contribution in [3.05, 3.63) is 23.4 Å². The number of likely N-dealkylation sites (N-methyl/N-ethyl adjacent to an activating group) is 1. The van der Waals surface area contributed by atoms with Crippen LogP contribution in [0.1, 0.15) is 36.7 Å². The van der Waals surface area contributed by atoms with Gasteiger partial charge in [0.25, 0.3) is 0 Å². The monoisotopic (exact) mass is 236 g/mol. The summed E-state index contributed by atoms with van der Waals surface area (Å²) < 4.78 is 0. The number of hydrogen-bond acceptors (Lipinski definition) is 4. The molecule has 1 heterocycles. The second-order valence-electron chi connectivity index (χ2n) is 4.85. The van der Waals surface area contributed by atoms with Gasteiger partial charge in [0.05, 0.1) is 5.60 Å². The van der Waals surface area contributed by atoms with Gasteiger partial charge < -0.3 is 10.0 Å². The van der Waals surface area contributed by atoms with Crippen molar-refractivity contribution in [1.29, 1.82) is 0 Å². The highest BCUT2D eigenvalue weighted by Crippen LogP contribution is 2.19. The molecule has 0 unspecified atom stereocenters. The van der Waals surface area contributed by atoms with Gasteiger partial charge in [-0.25, -0.2) is 4.98 Å². The van der Waals surface area contributed by atoms with Crippen LogP contribution in [0.15, 0.2) is 12.3 Å². The molecule has 4 nitrogen and oxygen atoms in total. The number of pyridine rings is 1. The van der Waals surface area contributed by atoms with E-state index in [-0.39, 0.29) is 0 Å². The highest BCUT2D eigenvalue weighted by atomic mass is 16.3. The third kappa shape index (κ3) is 3.82. The van der Waals surface area contributed by atoms with Gasteiger partial charge in [-0.3, -0.25) is 4.79 Å². The maximum absolute atomic E-state index is 10.6. The molecule has 0 amide bonds. The van der Waals surface area contributed by atoms with E-state index in [1.54, 1.807) is 20.0 Å². The molecule has 0 radical (unpaired) electrons. The van der Waals surface area contributed by atoms with Crippen LogP contribution in [0.3, 0.4) is 0 Å². The summed E-state index contributed by atoms with van der Waals surface area (Å²) in [6, 6.07) is 1.81. The number of aromatic nitrogens is 1. The summed E-state index contributed by atoms with van der Waals surface area (Å²) in [5.41, 5.74) is 0.749. The van der Waals surface area contributed by atoms with Crippen LogP contribution in [0.4, 0.5) is 5.82 Å². The van der Waals surface area contributed by atoms with Crippen molar-refractivity contribution >= 4 is 12.1 Å². The predicted molar refractivity (Wildman–Crippen MR) is 68.5 cm³/mol. The minimum absolute atomic E-state index is 0.512. The first-order valence-electron chi connectivity index (χ1n) is 5.76. The Kier molecular flexibility index (Phi) is 4.23. The van der Waals surface area contributed by atoms with E-state index in [0.29, 0.717) is 12.1 Å². The number of nitrogens with zero attached hydrogens (tertiary/aromatic N) is 2. The summed E-state index contributed by atoms with van der Waals surface area (Å²) >= 11 is 0. The molecule has 0 fully saturated rings. The average Bonchev–Trinajstić information content (AvgIpc) is 2.24. The number of carbonyl (C=O) groups is 1. The zero-order chi connectivity index (χ0) is 13.1. The molecule has 0 aliphatic carbocycles. The maximum atomic E-state index is 10.6. The number of aryl methyl sites for hydroxylation is 1. The lowest BCUT2D eigenvalue weighted by Gasteiger charge is -2.30. The number of hydrogen-bond donors (Lipinski definition) is 1. The molecule has 0 aromatic carbocycles. The van der Waals surface area contributed by atoms with Crippen LogP contribution in [-0.2, 0) is 0 Å². The fourth-order valence-electron chi connectivity index (χ4n) is 1.79. The van der Waals surface area contributed by atoms with Crippen molar-refractivity contribution in [3.8, 4) is 0 Å². The topological polar surface area (TPSA) is 53.4 Å². The predicted octanol–water partition coefficient (Wildman–Crippen LogP) is 1.80. The lowest BCUT2D eigenvalue weighted by molar-refractivity contribution is 0.0873. The summed E-state index contributed by atoms with van der Waals surface area (Å²) in [6.45, 7) is 8.74. The van der Waals surface area contributed by atoms with Crippen LogP contribution < -0.4 is 4.90 Å². The van der Waals surface area contributed by atoms with E-state index >= 15 is 0 Å². The summed E-state index contributed by atoms with van der Waals surface area (Å²) in [7, 11) is 0. The molecule has 0 saturated carbocycles. The van der Waals surface area contributed by atoms with E-state index in [9.17, 15) is 9.90 Å². The largest absolute Gasteiger partial charge is 0.389 e. The Balaban J connectivity index is 3.00. The SMILES string of the molecule is CCN(CC(C)(C)O)c1ncc(C=O)cc1C. The smallest absolute Gasteiger partial charge is 0.151 e. The molecule has 0 spiro atoms. The van der Waals surface area contributed by atoms with Crippen molar-refractivity contribution in [1.82, 2.24) is 4.98 Å². The molecule has 0 aliphatic rings. The number of carbonyl (C=O) groups excluding carboxylic acids is 1. The van der Waals surface area contributed by atoms with Crippen LogP contribution in [-0.4, -0.2) is 35.1 Å². The Bertz CT molecular complexity index is 397. The molecule has 1 aromatic heterocycles. The maximum Gasteiger partial charge on any atom is 0.151 e. The first-order chi connectivity index (χ1) is 7.87. The summed E-state index contributed by atoms with van der Waals surface area (Å²) in [4.78, 5) is 16.9. The van der Waals surface area contributed by atoms with E-state index < -0.39 is 5.60 Å². The van der Waals surface area contributed by atoms with E-state index in [1.807, 2.05) is 24.8 Å². The van der Waals surface area contributed by atoms with Gasteiger partial charge in [-0.15, -0.1) is 0 Å². The van der Waals surface area contributed by atoms with Crippen LogP contribution in [0, 0.1) is 6.92 Å². The second-order valence-corrected chi connectivity index (χ2v) is 4.85. The molecular weight excluding hydrogens is 216 g/mol. The Morgan fingerprint density at radius 1 is 1.53 bits per heavy atom. The lowest BCUT2D eigenvalue weighted by atomic mass is 10.1. The summed E-state index contributed by atoms with van der Waals surface area (Å²) in [5, 5.41) is 9.85. The van der Waals surface area contributed by atoms with Gasteiger partial charge in [0.2, 0.25) is 0 Å². The highest BCUT2D eigenvalue weighted by molar-refractivity contribution is 5.75. The molecule has 0 aliphatic heterocycles. The van der Waals surface area contributed by atoms with Crippen molar-refractivity contribution in [2.75, 3.05) is 18.0 Å². The number of anilines is 1. The third-order valence-electron chi connectivity index (χ3n) is 2.47. The molecule has 17 heavy (non-hydrogen) atoms.